The third-order valence-electron chi connectivity index (χ3n) is 3.28. The maximum Gasteiger partial charge on any atom is 0.195 e. The lowest BCUT2D eigenvalue weighted by Crippen LogP contribution is -1.94. The zero-order valence-electron chi connectivity index (χ0n) is 10.8. The number of imidazole rings is 1. The van der Waals surface area contributed by atoms with Crippen molar-refractivity contribution in [3.8, 4) is 11.3 Å². The van der Waals surface area contributed by atoms with Gasteiger partial charge in [0, 0.05) is 16.1 Å². The van der Waals surface area contributed by atoms with Crippen LogP contribution in [0.5, 0.6) is 0 Å². The molecule has 1 aromatic carbocycles. The Morgan fingerprint density at radius 3 is 2.65 bits per heavy atom. The zero-order valence-corrected chi connectivity index (χ0v) is 13.1. The number of halogens is 2. The van der Waals surface area contributed by atoms with Gasteiger partial charge in [-0.25, -0.2) is 4.98 Å². The topological polar surface area (TPSA) is 34.4 Å². The molecule has 3 rings (SSSR count). The van der Waals surface area contributed by atoms with Crippen molar-refractivity contribution in [1.29, 1.82) is 0 Å². The number of hydrogen-bond donors (Lipinski definition) is 0. The highest BCUT2D eigenvalue weighted by molar-refractivity contribution is 7.17. The summed E-state index contributed by atoms with van der Waals surface area (Å²) in [7, 11) is 0. The molecule has 2 heterocycles. The molecule has 0 fully saturated rings. The van der Waals surface area contributed by atoms with Gasteiger partial charge in [0.15, 0.2) is 11.2 Å². The summed E-state index contributed by atoms with van der Waals surface area (Å²) in [6, 6.07) is 5.25. The molecule has 20 heavy (non-hydrogen) atoms. The Bertz CT molecular complexity index is 835. The van der Waals surface area contributed by atoms with E-state index in [1.165, 1.54) is 0 Å². The molecule has 0 aliphatic heterocycles. The molecule has 0 spiro atoms. The predicted molar refractivity (Wildman–Crippen MR) is 83.4 cm³/mol. The lowest BCUT2D eigenvalue weighted by Gasteiger charge is -2.02. The maximum atomic E-state index is 11.5. The summed E-state index contributed by atoms with van der Waals surface area (Å²) in [4.78, 5) is 18.0. The maximum absolute atomic E-state index is 11.5. The first-order chi connectivity index (χ1) is 9.52. The van der Waals surface area contributed by atoms with Gasteiger partial charge < -0.3 is 0 Å². The number of hydrogen-bond acceptors (Lipinski definition) is 3. The van der Waals surface area contributed by atoms with Crippen LogP contribution < -0.4 is 0 Å². The molecule has 0 amide bonds. The number of aryl methyl sites for hydroxylation is 2. The normalized spacial score (nSPS) is 11.2. The van der Waals surface area contributed by atoms with Crippen LogP contribution in [-0.4, -0.2) is 15.7 Å². The minimum Gasteiger partial charge on any atom is -0.296 e. The molecule has 0 radical (unpaired) electrons. The van der Waals surface area contributed by atoms with Gasteiger partial charge in [0.2, 0.25) is 0 Å². The zero-order chi connectivity index (χ0) is 14.4. The number of aromatic nitrogens is 2. The molecule has 3 nitrogen and oxygen atoms in total. The number of fused-ring (bicyclic) bond motifs is 1. The van der Waals surface area contributed by atoms with Gasteiger partial charge in [0.05, 0.1) is 10.0 Å². The van der Waals surface area contributed by atoms with Crippen LogP contribution in [0.3, 0.4) is 0 Å². The molecule has 0 N–H and O–H groups in total. The van der Waals surface area contributed by atoms with E-state index >= 15 is 0 Å². The smallest absolute Gasteiger partial charge is 0.195 e. The average Bonchev–Trinajstić information content (AvgIpc) is 2.91. The molecule has 0 unspecified atom stereocenters. The number of benzene rings is 1. The molecule has 0 bridgehead atoms. The van der Waals surface area contributed by atoms with E-state index in [1.807, 2.05) is 24.3 Å². The van der Waals surface area contributed by atoms with E-state index in [0.29, 0.717) is 21.4 Å². The first-order valence-corrected chi connectivity index (χ1v) is 7.49. The molecule has 3 aromatic rings. The van der Waals surface area contributed by atoms with Gasteiger partial charge in [-0.05, 0) is 26.0 Å². The van der Waals surface area contributed by atoms with E-state index in [4.69, 9.17) is 23.2 Å². The van der Waals surface area contributed by atoms with Crippen LogP contribution in [-0.2, 0) is 0 Å². The summed E-state index contributed by atoms with van der Waals surface area (Å²) in [5.41, 5.74) is 2.99. The fraction of sp³-hybridized carbons (Fsp3) is 0.143. The number of thiazole rings is 1. The highest BCUT2D eigenvalue weighted by atomic mass is 35.5. The summed E-state index contributed by atoms with van der Waals surface area (Å²) in [6.07, 6.45) is 0.830. The second kappa shape index (κ2) is 4.88. The largest absolute Gasteiger partial charge is 0.296 e. The summed E-state index contributed by atoms with van der Waals surface area (Å²) < 4.78 is 1.88. The number of carbonyl (C=O) groups excluding carboxylic acids is 1. The van der Waals surface area contributed by atoms with Gasteiger partial charge in [0.25, 0.3) is 0 Å². The molecule has 0 atom stereocenters. The molecular weight excluding hydrogens is 315 g/mol. The Kier molecular flexibility index (Phi) is 3.32. The molecule has 0 aliphatic carbocycles. The van der Waals surface area contributed by atoms with E-state index in [9.17, 15) is 4.79 Å². The van der Waals surface area contributed by atoms with Crippen molar-refractivity contribution in [1.82, 2.24) is 9.38 Å². The van der Waals surface area contributed by atoms with Crippen molar-refractivity contribution >= 4 is 45.8 Å². The first kappa shape index (κ1) is 13.6. The van der Waals surface area contributed by atoms with Crippen molar-refractivity contribution in [3.63, 3.8) is 0 Å². The van der Waals surface area contributed by atoms with E-state index in [-0.39, 0.29) is 0 Å². The first-order valence-electron chi connectivity index (χ1n) is 5.92. The SMILES string of the molecule is Cc1sc2nc(-c3ccc(Cl)c(Cl)c3)c(C=O)n2c1C. The Morgan fingerprint density at radius 2 is 2.00 bits per heavy atom. The molecule has 6 heteroatoms. The van der Waals surface area contributed by atoms with Gasteiger partial charge in [-0.2, -0.15) is 0 Å². The predicted octanol–water partition coefficient (Wildman–Crippen LogP) is 4.80. The fourth-order valence-electron chi connectivity index (χ4n) is 2.14. The fourth-order valence-corrected chi connectivity index (χ4v) is 3.41. The summed E-state index contributed by atoms with van der Waals surface area (Å²) in [5, 5.41) is 0.932. The summed E-state index contributed by atoms with van der Waals surface area (Å²) in [6.45, 7) is 3.99. The van der Waals surface area contributed by atoms with Crippen LogP contribution in [0.4, 0.5) is 0 Å². The molecular formula is C14H10Cl2N2OS. The second-order valence-electron chi connectivity index (χ2n) is 4.45. The summed E-state index contributed by atoms with van der Waals surface area (Å²) >= 11 is 13.5. The highest BCUT2D eigenvalue weighted by Gasteiger charge is 2.18. The van der Waals surface area contributed by atoms with Crippen molar-refractivity contribution in [2.45, 2.75) is 13.8 Å². The Balaban J connectivity index is 2.30. The van der Waals surface area contributed by atoms with Crippen LogP contribution in [0, 0.1) is 13.8 Å². The van der Waals surface area contributed by atoms with Gasteiger partial charge in [-0.15, -0.1) is 11.3 Å². The van der Waals surface area contributed by atoms with E-state index in [0.717, 1.165) is 27.4 Å². The minimum atomic E-state index is 0.449. The van der Waals surface area contributed by atoms with Crippen LogP contribution in [0.15, 0.2) is 18.2 Å². The lowest BCUT2D eigenvalue weighted by atomic mass is 10.1. The van der Waals surface area contributed by atoms with Crippen LogP contribution >= 0.6 is 34.5 Å². The van der Waals surface area contributed by atoms with Gasteiger partial charge in [-0.3, -0.25) is 9.20 Å². The van der Waals surface area contributed by atoms with Gasteiger partial charge >= 0.3 is 0 Å². The standard InChI is InChI=1S/C14H10Cl2N2OS/c1-7-8(2)20-14-17-13(12(6-19)18(7)14)9-3-4-10(15)11(16)5-9/h3-6H,1-2H3. The Morgan fingerprint density at radius 1 is 1.25 bits per heavy atom. The number of rotatable bonds is 2. The monoisotopic (exact) mass is 324 g/mol. The third-order valence-corrected chi connectivity index (χ3v) is 5.07. The molecule has 102 valence electrons. The molecule has 0 aliphatic rings. The van der Waals surface area contributed by atoms with Gasteiger partial charge in [0.1, 0.15) is 11.4 Å². The van der Waals surface area contributed by atoms with E-state index in [2.05, 4.69) is 4.98 Å². The van der Waals surface area contributed by atoms with Crippen molar-refractivity contribution in [2.75, 3.05) is 0 Å². The van der Waals surface area contributed by atoms with E-state index < -0.39 is 0 Å². The number of carbonyl (C=O) groups is 1. The summed E-state index contributed by atoms with van der Waals surface area (Å²) in [5.74, 6) is 0. The quantitative estimate of drug-likeness (QED) is 0.634. The Labute approximate surface area is 129 Å². The van der Waals surface area contributed by atoms with Crippen molar-refractivity contribution in [3.05, 3.63) is 44.5 Å². The number of aldehydes is 1. The van der Waals surface area contributed by atoms with Crippen LogP contribution in [0.1, 0.15) is 21.1 Å². The number of nitrogens with zero attached hydrogens (tertiary/aromatic N) is 2. The van der Waals surface area contributed by atoms with Crippen LogP contribution in [0.25, 0.3) is 16.2 Å². The third kappa shape index (κ3) is 1.95. The molecule has 2 aromatic heterocycles. The highest BCUT2D eigenvalue weighted by Crippen LogP contribution is 2.32. The second-order valence-corrected chi connectivity index (χ2v) is 6.45. The lowest BCUT2D eigenvalue weighted by molar-refractivity contribution is 0.111. The molecule has 0 saturated carbocycles. The minimum absolute atomic E-state index is 0.449. The van der Waals surface area contributed by atoms with Crippen molar-refractivity contribution in [2.24, 2.45) is 0 Å². The molecule has 0 saturated heterocycles. The Hall–Kier alpha value is -1.36. The average molecular weight is 325 g/mol. The van der Waals surface area contributed by atoms with Crippen LogP contribution in [0.2, 0.25) is 10.0 Å². The van der Waals surface area contributed by atoms with E-state index in [1.54, 1.807) is 23.5 Å². The van der Waals surface area contributed by atoms with Gasteiger partial charge in [-0.1, -0.05) is 29.3 Å². The van der Waals surface area contributed by atoms with Crippen molar-refractivity contribution < 1.29 is 4.79 Å².